The topological polar surface area (TPSA) is 70.1 Å². The molecule has 3 N–H and O–H groups in total. The molecule has 116 valence electrons. The van der Waals surface area contributed by atoms with E-state index in [2.05, 4.69) is 41.4 Å². The summed E-state index contributed by atoms with van der Waals surface area (Å²) < 4.78 is 0. The van der Waals surface area contributed by atoms with Crippen LogP contribution in [0.2, 0.25) is 0 Å². The summed E-state index contributed by atoms with van der Waals surface area (Å²) in [6.07, 6.45) is 0.356. The minimum atomic E-state index is -0.392. The molecule has 0 aromatic carbocycles. The van der Waals surface area contributed by atoms with E-state index in [1.807, 2.05) is 18.4 Å². The summed E-state index contributed by atoms with van der Waals surface area (Å²) in [6, 6.07) is 2.01. The fourth-order valence-corrected chi connectivity index (χ4v) is 2.98. The molecule has 0 saturated carbocycles. The van der Waals surface area contributed by atoms with E-state index in [1.165, 1.54) is 0 Å². The van der Waals surface area contributed by atoms with Crippen LogP contribution in [0.5, 0.6) is 0 Å². The van der Waals surface area contributed by atoms with E-state index >= 15 is 0 Å². The first-order chi connectivity index (χ1) is 9.89. The van der Waals surface area contributed by atoms with E-state index in [0.29, 0.717) is 12.5 Å². The number of hydrogen-bond acceptors (Lipinski definition) is 6. The van der Waals surface area contributed by atoms with Gasteiger partial charge in [-0.1, -0.05) is 20.8 Å². The Bertz CT molecular complexity index is 591. The molecule has 2 aromatic rings. The van der Waals surface area contributed by atoms with E-state index < -0.39 is 6.10 Å². The van der Waals surface area contributed by atoms with Crippen LogP contribution in [0, 0.1) is 5.41 Å². The number of thiophene rings is 1. The molecule has 0 aliphatic heterocycles. The molecular weight excluding hydrogens is 284 g/mol. The maximum atomic E-state index is 10.1. The summed E-state index contributed by atoms with van der Waals surface area (Å²) in [7, 11) is 0. The van der Waals surface area contributed by atoms with Crippen LogP contribution in [-0.4, -0.2) is 34.3 Å². The molecule has 0 radical (unpaired) electrons. The minimum Gasteiger partial charge on any atom is -0.391 e. The Hall–Kier alpha value is -1.40. The van der Waals surface area contributed by atoms with Gasteiger partial charge in [0, 0.05) is 13.1 Å². The van der Waals surface area contributed by atoms with E-state index in [-0.39, 0.29) is 5.41 Å². The lowest BCUT2D eigenvalue weighted by atomic mass is 9.89. The highest BCUT2D eigenvalue weighted by molar-refractivity contribution is 7.16. The van der Waals surface area contributed by atoms with Gasteiger partial charge >= 0.3 is 0 Å². The Morgan fingerprint density at radius 2 is 2.05 bits per heavy atom. The molecule has 0 amide bonds. The number of aromatic nitrogens is 2. The SMILES string of the molecule is CCNc1nc(NCC(O)CC(C)(C)C)c2ccsc2n1. The van der Waals surface area contributed by atoms with Gasteiger partial charge in [0.05, 0.1) is 11.5 Å². The lowest BCUT2D eigenvalue weighted by Crippen LogP contribution is -2.25. The van der Waals surface area contributed by atoms with E-state index in [4.69, 9.17) is 0 Å². The van der Waals surface area contributed by atoms with Crippen molar-refractivity contribution in [3.05, 3.63) is 11.4 Å². The molecule has 1 atom stereocenters. The molecule has 0 bridgehead atoms. The van der Waals surface area contributed by atoms with Gasteiger partial charge < -0.3 is 15.7 Å². The number of fused-ring (bicyclic) bond motifs is 1. The van der Waals surface area contributed by atoms with E-state index in [1.54, 1.807) is 11.3 Å². The van der Waals surface area contributed by atoms with Crippen molar-refractivity contribution >= 4 is 33.3 Å². The van der Waals surface area contributed by atoms with E-state index in [9.17, 15) is 5.11 Å². The molecule has 0 saturated heterocycles. The maximum Gasteiger partial charge on any atom is 0.226 e. The fraction of sp³-hybridized carbons (Fsp3) is 0.600. The average molecular weight is 308 g/mol. The largest absolute Gasteiger partial charge is 0.391 e. The number of aliphatic hydroxyl groups is 1. The third-order valence-corrected chi connectivity index (χ3v) is 3.82. The second-order valence-electron chi connectivity index (χ2n) is 6.37. The summed E-state index contributed by atoms with van der Waals surface area (Å²) in [6.45, 7) is 9.67. The van der Waals surface area contributed by atoms with Crippen LogP contribution in [0.25, 0.3) is 10.2 Å². The smallest absolute Gasteiger partial charge is 0.226 e. The molecule has 2 aromatic heterocycles. The number of aliphatic hydroxyl groups excluding tert-OH is 1. The maximum absolute atomic E-state index is 10.1. The lowest BCUT2D eigenvalue weighted by molar-refractivity contribution is 0.132. The fourth-order valence-electron chi connectivity index (χ4n) is 2.22. The summed E-state index contributed by atoms with van der Waals surface area (Å²) in [5, 5.41) is 19.5. The van der Waals surface area contributed by atoms with Gasteiger partial charge in [0.1, 0.15) is 10.6 Å². The van der Waals surface area contributed by atoms with Gasteiger partial charge in [-0.25, -0.2) is 4.98 Å². The standard InChI is InChI=1S/C15H24N4OS/c1-5-16-14-18-12(11-6-7-21-13(11)19-14)17-9-10(20)8-15(2,3)4/h6-7,10,20H,5,8-9H2,1-4H3,(H2,16,17,18,19). The Balaban J connectivity index is 2.11. The van der Waals surface area contributed by atoms with Crippen molar-refractivity contribution < 1.29 is 5.11 Å². The Morgan fingerprint density at radius 1 is 1.29 bits per heavy atom. The van der Waals surface area contributed by atoms with Gasteiger partial charge in [0.15, 0.2) is 0 Å². The van der Waals surface area contributed by atoms with Crippen LogP contribution in [-0.2, 0) is 0 Å². The molecule has 0 fully saturated rings. The molecule has 1 unspecified atom stereocenters. The molecule has 0 aliphatic carbocycles. The summed E-state index contributed by atoms with van der Waals surface area (Å²) in [5.74, 6) is 1.41. The molecule has 0 aliphatic rings. The van der Waals surface area contributed by atoms with Gasteiger partial charge in [0.25, 0.3) is 0 Å². The van der Waals surface area contributed by atoms with Gasteiger partial charge in [-0.15, -0.1) is 11.3 Å². The normalized spacial score (nSPS) is 13.4. The number of anilines is 2. The van der Waals surface area contributed by atoms with Gasteiger partial charge in [-0.05, 0) is 30.2 Å². The van der Waals surface area contributed by atoms with Crippen LogP contribution in [0.4, 0.5) is 11.8 Å². The minimum absolute atomic E-state index is 0.111. The van der Waals surface area contributed by atoms with Crippen molar-refractivity contribution in [3.8, 4) is 0 Å². The van der Waals surface area contributed by atoms with Crippen molar-refractivity contribution in [2.75, 3.05) is 23.7 Å². The van der Waals surface area contributed by atoms with Crippen molar-refractivity contribution in [1.29, 1.82) is 0 Å². The number of rotatable bonds is 6. The van der Waals surface area contributed by atoms with E-state index in [0.717, 1.165) is 29.0 Å². The summed E-state index contributed by atoms with van der Waals surface area (Å²) in [4.78, 5) is 9.91. The molecule has 2 heterocycles. The molecule has 21 heavy (non-hydrogen) atoms. The van der Waals surface area contributed by atoms with Crippen LogP contribution in [0.15, 0.2) is 11.4 Å². The molecule has 2 rings (SSSR count). The average Bonchev–Trinajstić information content (AvgIpc) is 2.82. The molecular formula is C15H24N4OS. The van der Waals surface area contributed by atoms with Crippen LogP contribution in [0.3, 0.4) is 0 Å². The zero-order chi connectivity index (χ0) is 15.5. The van der Waals surface area contributed by atoms with Gasteiger partial charge in [0.2, 0.25) is 5.95 Å². The zero-order valence-corrected chi connectivity index (χ0v) is 13.9. The van der Waals surface area contributed by atoms with Crippen molar-refractivity contribution in [2.24, 2.45) is 5.41 Å². The molecule has 5 nitrogen and oxygen atoms in total. The third kappa shape index (κ3) is 4.54. The number of nitrogens with one attached hydrogen (secondary N) is 2. The highest BCUT2D eigenvalue weighted by Crippen LogP contribution is 2.27. The summed E-state index contributed by atoms with van der Waals surface area (Å²) in [5.41, 5.74) is 0.111. The molecule has 0 spiro atoms. The molecule has 6 heteroatoms. The highest BCUT2D eigenvalue weighted by atomic mass is 32.1. The first-order valence-electron chi connectivity index (χ1n) is 7.30. The van der Waals surface area contributed by atoms with Crippen molar-refractivity contribution in [2.45, 2.75) is 40.2 Å². The monoisotopic (exact) mass is 308 g/mol. The number of hydrogen-bond donors (Lipinski definition) is 3. The summed E-state index contributed by atoms with van der Waals surface area (Å²) >= 11 is 1.59. The second kappa shape index (κ2) is 6.58. The predicted molar refractivity (Wildman–Crippen MR) is 90.1 cm³/mol. The Labute approximate surface area is 129 Å². The number of nitrogens with zero attached hydrogens (tertiary/aromatic N) is 2. The second-order valence-corrected chi connectivity index (χ2v) is 7.26. The quantitative estimate of drug-likeness (QED) is 0.763. The van der Waals surface area contributed by atoms with Crippen molar-refractivity contribution in [3.63, 3.8) is 0 Å². The highest BCUT2D eigenvalue weighted by Gasteiger charge is 2.17. The van der Waals surface area contributed by atoms with Gasteiger partial charge in [-0.3, -0.25) is 0 Å². The first kappa shape index (κ1) is 16.0. The van der Waals surface area contributed by atoms with Crippen molar-refractivity contribution in [1.82, 2.24) is 9.97 Å². The van der Waals surface area contributed by atoms with Crippen LogP contribution >= 0.6 is 11.3 Å². The zero-order valence-electron chi connectivity index (χ0n) is 13.1. The third-order valence-electron chi connectivity index (χ3n) is 3.01. The first-order valence-corrected chi connectivity index (χ1v) is 8.18. The van der Waals surface area contributed by atoms with Crippen LogP contribution < -0.4 is 10.6 Å². The lowest BCUT2D eigenvalue weighted by Gasteiger charge is -2.22. The predicted octanol–water partition coefficient (Wildman–Crippen LogP) is 3.33. The van der Waals surface area contributed by atoms with Gasteiger partial charge in [-0.2, -0.15) is 4.98 Å². The Kier molecular flexibility index (Phi) is 5.00. The van der Waals surface area contributed by atoms with Crippen LogP contribution in [0.1, 0.15) is 34.1 Å². The Morgan fingerprint density at radius 3 is 2.71 bits per heavy atom.